The molecule has 24 heavy (non-hydrogen) atoms. The summed E-state index contributed by atoms with van der Waals surface area (Å²) in [4.78, 5) is 16.6. The Hall–Kier alpha value is -2.01. The number of furan rings is 1. The number of nitrogens with zero attached hydrogens (tertiary/aromatic N) is 2. The highest BCUT2D eigenvalue weighted by Gasteiger charge is 2.21. The molecule has 0 saturated carbocycles. The lowest BCUT2D eigenvalue weighted by atomic mass is 10.1. The number of amides is 1. The quantitative estimate of drug-likeness (QED) is 0.744. The van der Waals surface area contributed by atoms with E-state index in [-0.39, 0.29) is 5.91 Å². The Labute approximate surface area is 150 Å². The number of carbonyl (C=O) groups is 1. The van der Waals surface area contributed by atoms with Crippen molar-refractivity contribution in [3.8, 4) is 0 Å². The summed E-state index contributed by atoms with van der Waals surface area (Å²) < 4.78 is 6.04. The van der Waals surface area contributed by atoms with Crippen molar-refractivity contribution in [3.63, 3.8) is 0 Å². The van der Waals surface area contributed by atoms with E-state index in [2.05, 4.69) is 52.9 Å². The van der Waals surface area contributed by atoms with Crippen LogP contribution in [0.1, 0.15) is 16.9 Å². The van der Waals surface area contributed by atoms with Crippen molar-refractivity contribution in [2.24, 2.45) is 0 Å². The molecule has 4 nitrogen and oxygen atoms in total. The van der Waals surface area contributed by atoms with Crippen molar-refractivity contribution < 1.29 is 9.21 Å². The molecule has 2 heterocycles. The van der Waals surface area contributed by atoms with E-state index in [0.29, 0.717) is 10.4 Å². The maximum absolute atomic E-state index is 12.3. The molecule has 1 aliphatic rings. The van der Waals surface area contributed by atoms with Gasteiger partial charge >= 0.3 is 0 Å². The van der Waals surface area contributed by atoms with Gasteiger partial charge < -0.3 is 14.2 Å². The van der Waals surface area contributed by atoms with E-state index < -0.39 is 0 Å². The molecule has 3 rings (SSSR count). The second-order valence-electron chi connectivity index (χ2n) is 6.01. The van der Waals surface area contributed by atoms with E-state index in [1.165, 1.54) is 16.8 Å². The van der Waals surface area contributed by atoms with Gasteiger partial charge in [0, 0.05) is 37.9 Å². The average molecular weight is 389 g/mol. The minimum Gasteiger partial charge on any atom is -0.450 e. The highest BCUT2D eigenvalue weighted by Crippen LogP contribution is 2.24. The molecule has 1 aromatic carbocycles. The van der Waals surface area contributed by atoms with Gasteiger partial charge in [-0.15, -0.1) is 0 Å². The summed E-state index contributed by atoms with van der Waals surface area (Å²) >= 11 is 3.25. The van der Waals surface area contributed by atoms with Crippen molar-refractivity contribution in [2.45, 2.75) is 13.8 Å². The number of benzene rings is 1. The van der Waals surface area contributed by atoms with Crippen molar-refractivity contribution in [1.29, 1.82) is 0 Å². The van der Waals surface area contributed by atoms with Crippen LogP contribution in [-0.2, 0) is 4.79 Å². The van der Waals surface area contributed by atoms with Gasteiger partial charge in [0.25, 0.3) is 0 Å². The largest absolute Gasteiger partial charge is 0.450 e. The lowest BCUT2D eigenvalue weighted by molar-refractivity contribution is -0.126. The van der Waals surface area contributed by atoms with Crippen LogP contribution in [0.5, 0.6) is 0 Å². The summed E-state index contributed by atoms with van der Waals surface area (Å²) in [6.07, 6.45) is 3.29. The fourth-order valence-corrected chi connectivity index (χ4v) is 3.24. The maximum Gasteiger partial charge on any atom is 0.246 e. The van der Waals surface area contributed by atoms with Crippen LogP contribution >= 0.6 is 15.9 Å². The number of carbonyl (C=O) groups excluding carboxylic acids is 1. The Kier molecular flexibility index (Phi) is 5.09. The molecule has 1 fully saturated rings. The second-order valence-corrected chi connectivity index (χ2v) is 6.79. The molecule has 0 unspecified atom stereocenters. The number of aryl methyl sites for hydroxylation is 1. The van der Waals surface area contributed by atoms with Crippen LogP contribution in [0.2, 0.25) is 0 Å². The normalized spacial score (nSPS) is 15.3. The van der Waals surface area contributed by atoms with Crippen LogP contribution < -0.4 is 4.90 Å². The second kappa shape index (κ2) is 7.26. The molecule has 0 N–H and O–H groups in total. The Morgan fingerprint density at radius 3 is 2.54 bits per heavy atom. The summed E-state index contributed by atoms with van der Waals surface area (Å²) in [5.74, 6) is 0.701. The number of hydrogen-bond donors (Lipinski definition) is 0. The molecule has 2 aromatic rings. The standard InChI is InChI=1S/C19H21BrN2O2/c1-14-4-3-5-17(15(14)2)21-10-12-22(13-11-21)19(23)9-7-16-6-8-18(20)24-16/h3-9H,10-13H2,1-2H3. The van der Waals surface area contributed by atoms with Gasteiger partial charge in [0.2, 0.25) is 5.91 Å². The highest BCUT2D eigenvalue weighted by molar-refractivity contribution is 9.10. The molecule has 0 spiro atoms. The zero-order valence-electron chi connectivity index (χ0n) is 14.0. The fraction of sp³-hybridized carbons (Fsp3) is 0.316. The number of halogens is 1. The Morgan fingerprint density at radius 1 is 1.12 bits per heavy atom. The van der Waals surface area contributed by atoms with Crippen molar-refractivity contribution in [2.75, 3.05) is 31.1 Å². The minimum atomic E-state index is 0.0307. The number of hydrogen-bond acceptors (Lipinski definition) is 3. The summed E-state index contributed by atoms with van der Waals surface area (Å²) in [5.41, 5.74) is 3.90. The molecule has 1 amide bonds. The Morgan fingerprint density at radius 2 is 1.88 bits per heavy atom. The smallest absolute Gasteiger partial charge is 0.246 e. The summed E-state index contributed by atoms with van der Waals surface area (Å²) in [5, 5.41) is 0. The molecular weight excluding hydrogens is 368 g/mol. The van der Waals surface area contributed by atoms with Crippen LogP contribution in [0.3, 0.4) is 0 Å². The van der Waals surface area contributed by atoms with Gasteiger partial charge in [0.1, 0.15) is 5.76 Å². The zero-order valence-corrected chi connectivity index (χ0v) is 15.5. The summed E-state index contributed by atoms with van der Waals surface area (Å²) in [6.45, 7) is 7.48. The van der Waals surface area contributed by atoms with Gasteiger partial charge in [0.05, 0.1) is 0 Å². The van der Waals surface area contributed by atoms with Gasteiger partial charge in [-0.05, 0) is 65.2 Å². The first-order chi connectivity index (χ1) is 11.5. The van der Waals surface area contributed by atoms with Crippen LogP contribution in [0.25, 0.3) is 6.08 Å². The van der Waals surface area contributed by atoms with E-state index in [9.17, 15) is 4.79 Å². The van der Waals surface area contributed by atoms with Gasteiger partial charge in [-0.25, -0.2) is 0 Å². The predicted molar refractivity (Wildman–Crippen MR) is 100 cm³/mol. The molecule has 0 aliphatic carbocycles. The molecule has 126 valence electrons. The molecule has 0 bridgehead atoms. The van der Waals surface area contributed by atoms with Crippen molar-refractivity contribution in [1.82, 2.24) is 4.90 Å². The fourth-order valence-electron chi connectivity index (χ4n) is 2.92. The third kappa shape index (κ3) is 3.73. The molecule has 5 heteroatoms. The van der Waals surface area contributed by atoms with Crippen LogP contribution in [0.15, 0.2) is 45.5 Å². The average Bonchev–Trinajstić information content (AvgIpc) is 3.01. The van der Waals surface area contributed by atoms with Gasteiger partial charge in [-0.1, -0.05) is 12.1 Å². The molecule has 1 aromatic heterocycles. The lowest BCUT2D eigenvalue weighted by Gasteiger charge is -2.36. The predicted octanol–water partition coefficient (Wildman–Crippen LogP) is 4.02. The summed E-state index contributed by atoms with van der Waals surface area (Å²) in [6, 6.07) is 10.0. The first-order valence-corrected chi connectivity index (χ1v) is 8.87. The molecular formula is C19H21BrN2O2. The molecule has 1 saturated heterocycles. The van der Waals surface area contributed by atoms with Crippen LogP contribution in [-0.4, -0.2) is 37.0 Å². The number of anilines is 1. The third-order valence-electron chi connectivity index (χ3n) is 4.49. The topological polar surface area (TPSA) is 36.7 Å². The highest BCUT2D eigenvalue weighted by atomic mass is 79.9. The summed E-state index contributed by atoms with van der Waals surface area (Å²) in [7, 11) is 0. The first-order valence-electron chi connectivity index (χ1n) is 8.08. The Bertz CT molecular complexity index is 758. The van der Waals surface area contributed by atoms with Crippen molar-refractivity contribution in [3.05, 3.63) is 58.0 Å². The maximum atomic E-state index is 12.3. The van der Waals surface area contributed by atoms with E-state index in [0.717, 1.165) is 26.2 Å². The Balaban J connectivity index is 1.59. The minimum absolute atomic E-state index is 0.0307. The van der Waals surface area contributed by atoms with Gasteiger partial charge in [-0.3, -0.25) is 4.79 Å². The first kappa shape index (κ1) is 16.8. The molecule has 1 aliphatic heterocycles. The van der Waals surface area contributed by atoms with E-state index in [1.807, 2.05) is 17.0 Å². The number of rotatable bonds is 3. The van der Waals surface area contributed by atoms with E-state index in [4.69, 9.17) is 4.42 Å². The molecule has 0 radical (unpaired) electrons. The molecule has 0 atom stereocenters. The van der Waals surface area contributed by atoms with Crippen molar-refractivity contribution >= 4 is 33.6 Å². The van der Waals surface area contributed by atoms with Gasteiger partial charge in [-0.2, -0.15) is 0 Å². The monoisotopic (exact) mass is 388 g/mol. The zero-order chi connectivity index (χ0) is 17.1. The number of piperazine rings is 1. The van der Waals surface area contributed by atoms with Gasteiger partial charge in [0.15, 0.2) is 4.67 Å². The third-order valence-corrected chi connectivity index (χ3v) is 4.92. The van der Waals surface area contributed by atoms with E-state index in [1.54, 1.807) is 12.2 Å². The van der Waals surface area contributed by atoms with E-state index >= 15 is 0 Å². The van der Waals surface area contributed by atoms with Crippen LogP contribution in [0, 0.1) is 13.8 Å². The lowest BCUT2D eigenvalue weighted by Crippen LogP contribution is -2.48. The SMILES string of the molecule is Cc1cccc(N2CCN(C(=O)C=Cc3ccc(Br)o3)CC2)c1C. The van der Waals surface area contributed by atoms with Crippen LogP contribution in [0.4, 0.5) is 5.69 Å².